The predicted octanol–water partition coefficient (Wildman–Crippen LogP) is -0.223. The van der Waals surface area contributed by atoms with Crippen LogP contribution in [0.3, 0.4) is 0 Å². The molecule has 0 aliphatic carbocycles. The van der Waals surface area contributed by atoms with Crippen LogP contribution in [-0.2, 0) is 4.79 Å². The van der Waals surface area contributed by atoms with Crippen LogP contribution in [0.1, 0.15) is 6.42 Å². The maximum atomic E-state index is 9.49. The highest BCUT2D eigenvalue weighted by atomic mass is 32.1. The first-order chi connectivity index (χ1) is 3.31. The molecular formula is C4H7O2S. The topological polar surface area (TPSA) is 37.3 Å². The second kappa shape index (κ2) is 4.15. The molecule has 0 fully saturated rings. The molecule has 0 saturated carbocycles. The molecule has 0 saturated heterocycles. The van der Waals surface area contributed by atoms with Crippen LogP contribution in [0.15, 0.2) is 0 Å². The summed E-state index contributed by atoms with van der Waals surface area (Å²) in [4.78, 5) is 9.49. The predicted molar refractivity (Wildman–Crippen MR) is 30.2 cm³/mol. The van der Waals surface area contributed by atoms with E-state index < -0.39 is 6.10 Å². The molecule has 0 aliphatic heterocycles. The first-order valence-corrected chi connectivity index (χ1v) is 2.61. The summed E-state index contributed by atoms with van der Waals surface area (Å²) in [7, 11) is 0. The molecule has 0 rings (SSSR count). The minimum atomic E-state index is -0.933. The summed E-state index contributed by atoms with van der Waals surface area (Å²) in [6, 6.07) is 0. The van der Waals surface area contributed by atoms with Gasteiger partial charge >= 0.3 is 0 Å². The van der Waals surface area contributed by atoms with E-state index in [0.29, 0.717) is 12.2 Å². The lowest BCUT2D eigenvalue weighted by Gasteiger charge is -1.92. The molecule has 0 aliphatic rings. The Kier molecular flexibility index (Phi) is 4.14. The third-order valence-corrected chi connectivity index (χ3v) is 0.797. The Labute approximate surface area is 47.9 Å². The molecule has 0 bridgehead atoms. The highest BCUT2D eigenvalue weighted by Gasteiger charge is 1.97. The molecule has 0 amide bonds. The van der Waals surface area contributed by atoms with Gasteiger partial charge in [-0.25, -0.2) is 0 Å². The van der Waals surface area contributed by atoms with Gasteiger partial charge in [0.2, 0.25) is 6.29 Å². The molecule has 0 spiro atoms. The van der Waals surface area contributed by atoms with Crippen molar-refractivity contribution in [3.63, 3.8) is 0 Å². The third-order valence-electron chi connectivity index (χ3n) is 0.539. The SMILES string of the molecule is O=[C]C(O)CCS. The average molecular weight is 119 g/mol. The van der Waals surface area contributed by atoms with Crippen molar-refractivity contribution in [2.75, 3.05) is 5.75 Å². The molecule has 2 nitrogen and oxygen atoms in total. The van der Waals surface area contributed by atoms with Crippen molar-refractivity contribution >= 4 is 18.9 Å². The largest absolute Gasteiger partial charge is 0.385 e. The molecule has 0 heterocycles. The van der Waals surface area contributed by atoms with Gasteiger partial charge in [0.15, 0.2) is 0 Å². The van der Waals surface area contributed by atoms with E-state index in [4.69, 9.17) is 5.11 Å². The van der Waals surface area contributed by atoms with Gasteiger partial charge in [-0.2, -0.15) is 12.6 Å². The molecule has 0 aromatic carbocycles. The van der Waals surface area contributed by atoms with Crippen molar-refractivity contribution < 1.29 is 9.90 Å². The van der Waals surface area contributed by atoms with E-state index in [1.54, 1.807) is 0 Å². The van der Waals surface area contributed by atoms with E-state index in [2.05, 4.69) is 12.6 Å². The molecule has 1 atom stereocenters. The van der Waals surface area contributed by atoms with Crippen LogP contribution < -0.4 is 0 Å². The molecule has 3 heteroatoms. The molecule has 0 aromatic rings. The molecule has 7 heavy (non-hydrogen) atoms. The van der Waals surface area contributed by atoms with Gasteiger partial charge in [0.25, 0.3) is 0 Å². The average Bonchev–Trinajstić information content (AvgIpc) is 1.68. The van der Waals surface area contributed by atoms with Gasteiger partial charge in [0.1, 0.15) is 6.10 Å². The van der Waals surface area contributed by atoms with Crippen LogP contribution in [0.5, 0.6) is 0 Å². The number of aliphatic hydroxyl groups excluding tert-OH is 1. The third kappa shape index (κ3) is 3.82. The van der Waals surface area contributed by atoms with Gasteiger partial charge in [-0.05, 0) is 12.2 Å². The van der Waals surface area contributed by atoms with E-state index in [9.17, 15) is 4.79 Å². The summed E-state index contributed by atoms with van der Waals surface area (Å²) in [6.45, 7) is 0. The second-order valence-corrected chi connectivity index (χ2v) is 1.59. The number of thiol groups is 1. The number of hydrogen-bond acceptors (Lipinski definition) is 3. The van der Waals surface area contributed by atoms with Crippen LogP contribution in [0.4, 0.5) is 0 Å². The maximum absolute atomic E-state index is 9.49. The highest BCUT2D eigenvalue weighted by Crippen LogP contribution is 1.87. The van der Waals surface area contributed by atoms with Crippen LogP contribution in [0.2, 0.25) is 0 Å². The molecule has 0 aromatic heterocycles. The fourth-order valence-electron chi connectivity index (χ4n) is 0.181. The van der Waals surface area contributed by atoms with Crippen molar-refractivity contribution in [2.45, 2.75) is 12.5 Å². The Bertz CT molecular complexity index is 55.7. The lowest BCUT2D eigenvalue weighted by Crippen LogP contribution is -2.07. The van der Waals surface area contributed by atoms with Crippen molar-refractivity contribution in [3.8, 4) is 0 Å². The Morgan fingerprint density at radius 1 is 1.86 bits per heavy atom. The quantitative estimate of drug-likeness (QED) is 0.504. The van der Waals surface area contributed by atoms with Crippen LogP contribution in [-0.4, -0.2) is 23.2 Å². The van der Waals surface area contributed by atoms with Crippen molar-refractivity contribution in [2.24, 2.45) is 0 Å². The molecule has 41 valence electrons. The van der Waals surface area contributed by atoms with Crippen LogP contribution in [0.25, 0.3) is 0 Å². The minimum absolute atomic E-state index is 0.395. The highest BCUT2D eigenvalue weighted by molar-refractivity contribution is 7.80. The summed E-state index contributed by atoms with van der Waals surface area (Å²) in [5.74, 6) is 0.524. The Hall–Kier alpha value is -0.0200. The Balaban J connectivity index is 2.98. The molecule has 1 radical (unpaired) electrons. The smallest absolute Gasteiger partial charge is 0.229 e. The number of aliphatic hydroxyl groups is 1. The van der Waals surface area contributed by atoms with Crippen molar-refractivity contribution in [3.05, 3.63) is 0 Å². The van der Waals surface area contributed by atoms with E-state index in [1.807, 2.05) is 0 Å². The van der Waals surface area contributed by atoms with Gasteiger partial charge in [-0.3, -0.25) is 4.79 Å². The second-order valence-electron chi connectivity index (χ2n) is 1.15. The lowest BCUT2D eigenvalue weighted by atomic mass is 10.3. The Morgan fingerprint density at radius 3 is 2.57 bits per heavy atom. The standard InChI is InChI=1S/C4H7O2S/c5-3-4(6)1-2-7/h4,6-7H,1-2H2. The monoisotopic (exact) mass is 119 g/mol. The number of carbonyl (C=O) groups excluding carboxylic acids is 1. The first kappa shape index (κ1) is 6.98. The Morgan fingerprint density at radius 2 is 2.43 bits per heavy atom. The van der Waals surface area contributed by atoms with Gasteiger partial charge in [-0.15, -0.1) is 0 Å². The van der Waals surface area contributed by atoms with E-state index in [-0.39, 0.29) is 0 Å². The normalized spacial score (nSPS) is 13.4. The molecule has 1 N–H and O–H groups in total. The summed E-state index contributed by atoms with van der Waals surface area (Å²) in [6.07, 6.45) is 0.885. The van der Waals surface area contributed by atoms with Crippen LogP contribution in [0, 0.1) is 0 Å². The van der Waals surface area contributed by atoms with Gasteiger partial charge in [0.05, 0.1) is 0 Å². The van der Waals surface area contributed by atoms with Gasteiger partial charge in [0, 0.05) is 0 Å². The number of rotatable bonds is 3. The molecular weight excluding hydrogens is 112 g/mol. The maximum Gasteiger partial charge on any atom is 0.229 e. The zero-order chi connectivity index (χ0) is 5.70. The van der Waals surface area contributed by atoms with E-state index in [1.165, 1.54) is 6.29 Å². The van der Waals surface area contributed by atoms with Crippen molar-refractivity contribution in [1.82, 2.24) is 0 Å². The summed E-state index contributed by atoms with van der Waals surface area (Å²) in [5.41, 5.74) is 0. The van der Waals surface area contributed by atoms with Crippen molar-refractivity contribution in [1.29, 1.82) is 0 Å². The van der Waals surface area contributed by atoms with Crippen LogP contribution >= 0.6 is 12.6 Å². The zero-order valence-corrected chi connectivity index (χ0v) is 4.69. The minimum Gasteiger partial charge on any atom is -0.385 e. The lowest BCUT2D eigenvalue weighted by molar-refractivity contribution is 0.232. The fraction of sp³-hybridized carbons (Fsp3) is 0.750. The number of hydrogen-bond donors (Lipinski definition) is 2. The molecule has 1 unspecified atom stereocenters. The fourth-order valence-corrected chi connectivity index (χ4v) is 0.426. The van der Waals surface area contributed by atoms with Gasteiger partial charge < -0.3 is 5.11 Å². The van der Waals surface area contributed by atoms with Gasteiger partial charge in [-0.1, -0.05) is 0 Å². The summed E-state index contributed by atoms with van der Waals surface area (Å²) < 4.78 is 0. The zero-order valence-electron chi connectivity index (χ0n) is 3.79. The van der Waals surface area contributed by atoms with E-state index >= 15 is 0 Å². The first-order valence-electron chi connectivity index (χ1n) is 1.98. The summed E-state index contributed by atoms with van der Waals surface area (Å²) in [5, 5.41) is 8.39. The van der Waals surface area contributed by atoms with E-state index in [0.717, 1.165) is 0 Å². The summed E-state index contributed by atoms with van der Waals surface area (Å²) >= 11 is 3.78.